The number of hydrogen-bond acceptors (Lipinski definition) is 1. The first-order valence-electron chi connectivity index (χ1n) is 6.37. The fraction of sp³-hybridized carbons (Fsp3) is 0.188. The summed E-state index contributed by atoms with van der Waals surface area (Å²) in [6.45, 7) is 4.39. The molecule has 2 aromatic carbocycles. The van der Waals surface area contributed by atoms with Gasteiger partial charge in [-0.15, -0.1) is 0 Å². The molecule has 0 saturated carbocycles. The lowest BCUT2D eigenvalue weighted by Gasteiger charge is -2.22. The highest BCUT2D eigenvalue weighted by molar-refractivity contribution is 9.10. The largest absolute Gasteiger partial charge is 0.309 e. The highest BCUT2D eigenvalue weighted by Gasteiger charge is 2.20. The van der Waals surface area contributed by atoms with Crippen LogP contribution in [0.2, 0.25) is 0 Å². The van der Waals surface area contributed by atoms with Gasteiger partial charge in [0.05, 0.1) is 10.0 Å². The number of carbonyl (C=O) groups excluding carboxylic acids is 1. The molecule has 0 aliphatic rings. The number of amides is 1. The van der Waals surface area contributed by atoms with Gasteiger partial charge in [0, 0.05) is 12.2 Å². The summed E-state index contributed by atoms with van der Waals surface area (Å²) in [4.78, 5) is 14.2. The summed E-state index contributed by atoms with van der Waals surface area (Å²) >= 11 is 3.14. The van der Waals surface area contributed by atoms with Gasteiger partial charge in [-0.2, -0.15) is 0 Å². The van der Waals surface area contributed by atoms with Crippen LogP contribution in [-0.2, 0) is 0 Å². The van der Waals surface area contributed by atoms with Gasteiger partial charge in [-0.3, -0.25) is 4.79 Å². The molecule has 4 heteroatoms. The molecule has 0 saturated heterocycles. The van der Waals surface area contributed by atoms with E-state index in [9.17, 15) is 9.18 Å². The van der Waals surface area contributed by atoms with Crippen molar-refractivity contribution in [2.24, 2.45) is 0 Å². The predicted molar refractivity (Wildman–Crippen MR) is 82.6 cm³/mol. The number of halogens is 2. The molecule has 2 aromatic rings. The van der Waals surface area contributed by atoms with E-state index in [1.54, 1.807) is 11.0 Å². The number of nitrogens with zero attached hydrogens (tertiary/aromatic N) is 1. The van der Waals surface area contributed by atoms with Crippen LogP contribution in [0, 0.1) is 12.7 Å². The lowest BCUT2D eigenvalue weighted by molar-refractivity contribution is 0.0987. The van der Waals surface area contributed by atoms with Gasteiger partial charge in [0.2, 0.25) is 0 Å². The Balaban J connectivity index is 2.42. The minimum absolute atomic E-state index is 0.205. The minimum atomic E-state index is -0.434. The van der Waals surface area contributed by atoms with Crippen molar-refractivity contribution >= 4 is 27.5 Å². The number of hydrogen-bond donors (Lipinski definition) is 0. The van der Waals surface area contributed by atoms with E-state index >= 15 is 0 Å². The first-order chi connectivity index (χ1) is 9.54. The molecular formula is C16H15BrFNO. The van der Waals surface area contributed by atoms with Gasteiger partial charge in [-0.25, -0.2) is 4.39 Å². The van der Waals surface area contributed by atoms with Gasteiger partial charge < -0.3 is 4.90 Å². The molecule has 0 unspecified atom stereocenters. The highest BCUT2D eigenvalue weighted by Crippen LogP contribution is 2.24. The van der Waals surface area contributed by atoms with E-state index in [-0.39, 0.29) is 10.4 Å². The highest BCUT2D eigenvalue weighted by atomic mass is 79.9. The van der Waals surface area contributed by atoms with Crippen LogP contribution in [0.25, 0.3) is 0 Å². The lowest BCUT2D eigenvalue weighted by Crippen LogP contribution is -2.31. The van der Waals surface area contributed by atoms with E-state index in [0.717, 1.165) is 11.3 Å². The monoisotopic (exact) mass is 335 g/mol. The number of carbonyl (C=O) groups is 1. The molecule has 0 heterocycles. The molecule has 20 heavy (non-hydrogen) atoms. The second-order valence-corrected chi connectivity index (χ2v) is 5.28. The van der Waals surface area contributed by atoms with E-state index in [2.05, 4.69) is 15.9 Å². The van der Waals surface area contributed by atoms with Crippen molar-refractivity contribution in [3.63, 3.8) is 0 Å². The van der Waals surface area contributed by atoms with Gasteiger partial charge in [-0.1, -0.05) is 18.2 Å². The van der Waals surface area contributed by atoms with Gasteiger partial charge in [-0.05, 0) is 59.6 Å². The first-order valence-corrected chi connectivity index (χ1v) is 7.16. The summed E-state index contributed by atoms with van der Waals surface area (Å²) in [6.07, 6.45) is 0. The van der Waals surface area contributed by atoms with Crippen molar-refractivity contribution in [2.75, 3.05) is 11.4 Å². The summed E-state index contributed by atoms with van der Waals surface area (Å²) in [5, 5.41) is 0. The van der Waals surface area contributed by atoms with E-state index in [4.69, 9.17) is 0 Å². The summed E-state index contributed by atoms with van der Waals surface area (Å²) in [5.41, 5.74) is 2.22. The van der Waals surface area contributed by atoms with Crippen molar-refractivity contribution in [1.29, 1.82) is 0 Å². The molecule has 0 aromatic heterocycles. The van der Waals surface area contributed by atoms with Crippen LogP contribution in [0.3, 0.4) is 0 Å². The smallest absolute Gasteiger partial charge is 0.259 e. The maximum absolute atomic E-state index is 13.6. The van der Waals surface area contributed by atoms with Crippen molar-refractivity contribution in [3.8, 4) is 0 Å². The number of anilines is 1. The molecule has 0 spiro atoms. The summed E-state index contributed by atoms with van der Waals surface area (Å²) in [6, 6.07) is 12.2. The average molecular weight is 336 g/mol. The number of rotatable bonds is 3. The predicted octanol–water partition coefficient (Wildman–Crippen LogP) is 4.56. The van der Waals surface area contributed by atoms with E-state index in [1.165, 1.54) is 12.1 Å². The minimum Gasteiger partial charge on any atom is -0.309 e. The molecule has 2 nitrogen and oxygen atoms in total. The average Bonchev–Trinajstić information content (AvgIpc) is 2.42. The van der Waals surface area contributed by atoms with Crippen LogP contribution < -0.4 is 4.90 Å². The third-order valence-electron chi connectivity index (χ3n) is 3.06. The third-order valence-corrected chi connectivity index (χ3v) is 3.86. The quantitative estimate of drug-likeness (QED) is 0.804. The lowest BCUT2D eigenvalue weighted by atomic mass is 10.1. The van der Waals surface area contributed by atoms with Crippen molar-refractivity contribution in [1.82, 2.24) is 0 Å². The SMILES string of the molecule is CCN(C(=O)c1cccc(F)c1Br)c1cccc(C)c1. The van der Waals surface area contributed by atoms with E-state index < -0.39 is 5.82 Å². The Morgan fingerprint density at radius 1 is 1.25 bits per heavy atom. The Morgan fingerprint density at radius 2 is 1.95 bits per heavy atom. The summed E-state index contributed by atoms with van der Waals surface area (Å²) in [5.74, 6) is -0.652. The van der Waals surface area contributed by atoms with Crippen molar-refractivity contribution < 1.29 is 9.18 Å². The fourth-order valence-corrected chi connectivity index (χ4v) is 2.49. The molecule has 0 atom stereocenters. The van der Waals surface area contributed by atoms with Gasteiger partial charge >= 0.3 is 0 Å². The Bertz CT molecular complexity index is 642. The topological polar surface area (TPSA) is 20.3 Å². The zero-order valence-corrected chi connectivity index (χ0v) is 12.9. The molecule has 0 radical (unpaired) electrons. The van der Waals surface area contributed by atoms with Gasteiger partial charge in [0.15, 0.2) is 0 Å². The van der Waals surface area contributed by atoms with E-state index in [0.29, 0.717) is 12.1 Å². The third kappa shape index (κ3) is 2.90. The fourth-order valence-electron chi connectivity index (χ4n) is 2.05. The molecule has 0 aliphatic carbocycles. The maximum Gasteiger partial charge on any atom is 0.259 e. The molecule has 0 aliphatic heterocycles. The van der Waals surface area contributed by atoms with Crippen LogP contribution in [0.15, 0.2) is 46.9 Å². The maximum atomic E-state index is 13.6. The van der Waals surface area contributed by atoms with Crippen LogP contribution in [0.5, 0.6) is 0 Å². The molecule has 104 valence electrons. The molecule has 2 rings (SSSR count). The number of aryl methyl sites for hydroxylation is 1. The number of benzene rings is 2. The standard InChI is InChI=1S/C16H15BrFNO/c1-3-19(12-7-4-6-11(2)10-12)16(20)13-8-5-9-14(18)15(13)17/h4-10H,3H2,1-2H3. The van der Waals surface area contributed by atoms with E-state index in [1.807, 2.05) is 38.1 Å². The van der Waals surface area contributed by atoms with Gasteiger partial charge in [0.25, 0.3) is 5.91 Å². The summed E-state index contributed by atoms with van der Waals surface area (Å²) in [7, 11) is 0. The first kappa shape index (κ1) is 14.7. The Hall–Kier alpha value is -1.68. The van der Waals surface area contributed by atoms with Crippen LogP contribution in [0.1, 0.15) is 22.8 Å². The molecule has 0 fully saturated rings. The Labute approximate surface area is 126 Å². The van der Waals surface area contributed by atoms with Crippen LogP contribution in [-0.4, -0.2) is 12.5 Å². The Morgan fingerprint density at radius 3 is 2.60 bits per heavy atom. The van der Waals surface area contributed by atoms with Crippen LogP contribution >= 0.6 is 15.9 Å². The Kier molecular flexibility index (Phi) is 4.55. The molecular weight excluding hydrogens is 321 g/mol. The second kappa shape index (κ2) is 6.18. The van der Waals surface area contributed by atoms with Crippen molar-refractivity contribution in [3.05, 3.63) is 63.9 Å². The molecule has 0 bridgehead atoms. The molecule has 1 amide bonds. The molecule has 0 N–H and O–H groups in total. The second-order valence-electron chi connectivity index (χ2n) is 4.49. The normalized spacial score (nSPS) is 10.4. The zero-order valence-electron chi connectivity index (χ0n) is 11.4. The van der Waals surface area contributed by atoms with Crippen LogP contribution in [0.4, 0.5) is 10.1 Å². The van der Waals surface area contributed by atoms with Gasteiger partial charge in [0.1, 0.15) is 5.82 Å². The zero-order chi connectivity index (χ0) is 14.7. The summed E-state index contributed by atoms with van der Waals surface area (Å²) < 4.78 is 13.8. The van der Waals surface area contributed by atoms with Crippen molar-refractivity contribution in [2.45, 2.75) is 13.8 Å².